The number of hydrogen-bond acceptors (Lipinski definition) is 0. The molecule has 0 aliphatic heterocycles. The highest BCUT2D eigenvalue weighted by molar-refractivity contribution is 9.10. The van der Waals surface area contributed by atoms with Crippen LogP contribution in [0.3, 0.4) is 0 Å². The van der Waals surface area contributed by atoms with Gasteiger partial charge in [-0.2, -0.15) is 0 Å². The first-order valence-corrected chi connectivity index (χ1v) is 6.45. The summed E-state index contributed by atoms with van der Waals surface area (Å²) in [7, 11) is 0. The second-order valence-electron chi connectivity index (χ2n) is 3.39. The lowest BCUT2D eigenvalue weighted by molar-refractivity contribution is 0.599. The summed E-state index contributed by atoms with van der Waals surface area (Å²) in [5, 5.41) is 1.09. The van der Waals surface area contributed by atoms with Crippen molar-refractivity contribution in [3.8, 4) is 0 Å². The molecule has 0 heterocycles. The van der Waals surface area contributed by atoms with Gasteiger partial charge in [0, 0.05) is 9.80 Å². The summed E-state index contributed by atoms with van der Waals surface area (Å²) in [4.78, 5) is 0. The topological polar surface area (TPSA) is 0 Å². The zero-order valence-corrected chi connectivity index (χ0v) is 10.9. The average molecular weight is 306 g/mol. The van der Waals surface area contributed by atoms with Gasteiger partial charge in [0.2, 0.25) is 0 Å². The Bertz CT molecular complexity index is 258. The summed E-state index contributed by atoms with van der Waals surface area (Å²) in [6.07, 6.45) is 2.40. The van der Waals surface area contributed by atoms with Crippen LogP contribution >= 0.6 is 31.9 Å². The number of aryl methyl sites for hydroxylation is 1. The van der Waals surface area contributed by atoms with E-state index in [9.17, 15) is 0 Å². The van der Waals surface area contributed by atoms with Gasteiger partial charge < -0.3 is 0 Å². The summed E-state index contributed by atoms with van der Waals surface area (Å²) in [6, 6.07) is 8.44. The van der Waals surface area contributed by atoms with Crippen LogP contribution in [0.15, 0.2) is 28.7 Å². The van der Waals surface area contributed by atoms with E-state index in [1.165, 1.54) is 16.5 Å². The minimum Gasteiger partial charge on any atom is -0.0925 e. The Kier molecular flexibility index (Phi) is 5.04. The Morgan fingerprint density at radius 3 is 2.62 bits per heavy atom. The Balaban J connectivity index is 2.50. The fraction of sp³-hybridized carbons (Fsp3) is 0.455. The van der Waals surface area contributed by atoms with Crippen LogP contribution in [0.25, 0.3) is 0 Å². The van der Waals surface area contributed by atoms with Gasteiger partial charge in [0.05, 0.1) is 0 Å². The highest BCUT2D eigenvalue weighted by Crippen LogP contribution is 2.19. The van der Waals surface area contributed by atoms with Crippen LogP contribution < -0.4 is 0 Å². The van der Waals surface area contributed by atoms with Gasteiger partial charge in [0.25, 0.3) is 0 Å². The first-order valence-electron chi connectivity index (χ1n) is 4.53. The van der Waals surface area contributed by atoms with Crippen LogP contribution in [0.2, 0.25) is 0 Å². The second kappa shape index (κ2) is 5.82. The molecule has 0 fully saturated rings. The predicted molar refractivity (Wildman–Crippen MR) is 65.4 cm³/mol. The summed E-state index contributed by atoms with van der Waals surface area (Å²) in [5.41, 5.74) is 1.41. The van der Waals surface area contributed by atoms with Crippen LogP contribution in [0.5, 0.6) is 0 Å². The van der Waals surface area contributed by atoms with Crippen molar-refractivity contribution in [3.05, 3.63) is 34.3 Å². The van der Waals surface area contributed by atoms with Crippen molar-refractivity contribution in [1.29, 1.82) is 0 Å². The molecule has 0 aliphatic rings. The maximum atomic E-state index is 3.56. The lowest BCUT2D eigenvalue weighted by Gasteiger charge is -2.08. The molecule has 72 valence electrons. The largest absolute Gasteiger partial charge is 0.0925 e. The molecule has 13 heavy (non-hydrogen) atoms. The Hall–Kier alpha value is 0.180. The molecule has 0 saturated heterocycles. The van der Waals surface area contributed by atoms with Crippen molar-refractivity contribution >= 4 is 31.9 Å². The number of halogens is 2. The Morgan fingerprint density at radius 2 is 2.00 bits per heavy atom. The molecule has 0 N–H and O–H groups in total. The fourth-order valence-corrected chi connectivity index (χ4v) is 1.99. The van der Waals surface area contributed by atoms with Crippen molar-refractivity contribution in [3.63, 3.8) is 0 Å². The van der Waals surface area contributed by atoms with E-state index >= 15 is 0 Å². The maximum Gasteiger partial charge on any atom is 0.0207 e. The highest BCUT2D eigenvalue weighted by atomic mass is 79.9. The van der Waals surface area contributed by atoms with Gasteiger partial charge in [-0.25, -0.2) is 0 Å². The van der Waals surface area contributed by atoms with E-state index in [4.69, 9.17) is 0 Å². The predicted octanol–water partition coefficient (Wildman–Crippen LogP) is 4.41. The van der Waals surface area contributed by atoms with Crippen molar-refractivity contribution in [2.24, 2.45) is 5.92 Å². The van der Waals surface area contributed by atoms with Crippen LogP contribution in [-0.4, -0.2) is 5.33 Å². The van der Waals surface area contributed by atoms with E-state index in [0.717, 1.165) is 17.7 Å². The molecule has 0 radical (unpaired) electrons. The van der Waals surface area contributed by atoms with Crippen molar-refractivity contribution in [2.45, 2.75) is 19.8 Å². The number of hydrogen-bond donors (Lipinski definition) is 0. The van der Waals surface area contributed by atoms with Gasteiger partial charge in [0.1, 0.15) is 0 Å². The van der Waals surface area contributed by atoms with E-state index in [-0.39, 0.29) is 0 Å². The van der Waals surface area contributed by atoms with Crippen molar-refractivity contribution < 1.29 is 0 Å². The first kappa shape index (κ1) is 11.3. The monoisotopic (exact) mass is 304 g/mol. The number of alkyl halides is 1. The Morgan fingerprint density at radius 1 is 1.31 bits per heavy atom. The summed E-state index contributed by atoms with van der Waals surface area (Å²) >= 11 is 7.05. The fourth-order valence-electron chi connectivity index (χ4n) is 1.18. The summed E-state index contributed by atoms with van der Waals surface area (Å²) < 4.78 is 1.23. The van der Waals surface area contributed by atoms with Gasteiger partial charge in [-0.3, -0.25) is 0 Å². The third kappa shape index (κ3) is 3.82. The summed E-state index contributed by atoms with van der Waals surface area (Å²) in [6.45, 7) is 2.27. The van der Waals surface area contributed by atoms with Gasteiger partial charge >= 0.3 is 0 Å². The van der Waals surface area contributed by atoms with Gasteiger partial charge in [-0.1, -0.05) is 57.0 Å². The molecule has 0 aromatic heterocycles. The smallest absolute Gasteiger partial charge is 0.0207 e. The molecule has 0 amide bonds. The van der Waals surface area contributed by atoms with Crippen LogP contribution in [-0.2, 0) is 6.42 Å². The van der Waals surface area contributed by atoms with E-state index in [2.05, 4.69) is 63.0 Å². The zero-order valence-electron chi connectivity index (χ0n) is 7.76. The average Bonchev–Trinajstić information content (AvgIpc) is 2.16. The minimum absolute atomic E-state index is 0.757. The van der Waals surface area contributed by atoms with E-state index in [1.54, 1.807) is 0 Å². The third-order valence-corrected chi connectivity index (χ3v) is 4.01. The molecule has 0 nitrogen and oxygen atoms in total. The SMILES string of the molecule is CC(CBr)CCc1ccccc1Br. The molecule has 0 spiro atoms. The molecular weight excluding hydrogens is 292 g/mol. The van der Waals surface area contributed by atoms with E-state index in [0.29, 0.717) is 0 Å². The first-order chi connectivity index (χ1) is 6.24. The molecule has 0 saturated carbocycles. The van der Waals surface area contributed by atoms with Crippen molar-refractivity contribution in [2.75, 3.05) is 5.33 Å². The molecule has 1 rings (SSSR count). The number of rotatable bonds is 4. The normalized spacial score (nSPS) is 12.8. The Labute approximate surface area is 97.0 Å². The quantitative estimate of drug-likeness (QED) is 0.723. The number of benzene rings is 1. The second-order valence-corrected chi connectivity index (χ2v) is 4.89. The third-order valence-electron chi connectivity index (χ3n) is 2.13. The summed E-state index contributed by atoms with van der Waals surface area (Å²) in [5.74, 6) is 0.757. The van der Waals surface area contributed by atoms with Gasteiger partial charge in [-0.15, -0.1) is 0 Å². The van der Waals surface area contributed by atoms with E-state index in [1.807, 2.05) is 0 Å². The molecule has 0 aliphatic carbocycles. The van der Waals surface area contributed by atoms with Crippen LogP contribution in [0, 0.1) is 5.92 Å². The van der Waals surface area contributed by atoms with Crippen molar-refractivity contribution in [1.82, 2.24) is 0 Å². The molecule has 1 unspecified atom stereocenters. The van der Waals surface area contributed by atoms with Gasteiger partial charge in [0.15, 0.2) is 0 Å². The van der Waals surface area contributed by atoms with Gasteiger partial charge in [-0.05, 0) is 30.4 Å². The highest BCUT2D eigenvalue weighted by Gasteiger charge is 2.02. The van der Waals surface area contributed by atoms with Crippen LogP contribution in [0.1, 0.15) is 18.9 Å². The molecule has 2 heteroatoms. The molecule has 1 aromatic carbocycles. The lowest BCUT2D eigenvalue weighted by Crippen LogP contribution is -1.98. The molecular formula is C11H14Br2. The molecule has 1 atom stereocenters. The zero-order chi connectivity index (χ0) is 9.68. The standard InChI is InChI=1S/C11H14Br2/c1-9(8-12)6-7-10-4-2-3-5-11(10)13/h2-5,9H,6-8H2,1H3. The lowest BCUT2D eigenvalue weighted by atomic mass is 10.0. The molecule has 0 bridgehead atoms. The molecule has 1 aromatic rings. The minimum atomic E-state index is 0.757. The maximum absolute atomic E-state index is 3.56. The van der Waals surface area contributed by atoms with E-state index < -0.39 is 0 Å². The van der Waals surface area contributed by atoms with Crippen LogP contribution in [0.4, 0.5) is 0 Å².